The summed E-state index contributed by atoms with van der Waals surface area (Å²) >= 11 is 5.80. The molecule has 2 fully saturated rings. The van der Waals surface area contributed by atoms with E-state index in [0.717, 1.165) is 55.9 Å². The fraction of sp³-hybridized carbons (Fsp3) is 0.333. The minimum Gasteiger partial charge on any atom is -0.379 e. The van der Waals surface area contributed by atoms with E-state index in [1.165, 1.54) is 5.56 Å². The second-order valence-electron chi connectivity index (χ2n) is 7.96. The number of rotatable bonds is 6. The zero-order valence-electron chi connectivity index (χ0n) is 17.4. The monoisotopic (exact) mass is 433 g/mol. The number of pyridine rings is 1. The quantitative estimate of drug-likeness (QED) is 0.603. The van der Waals surface area contributed by atoms with Crippen molar-refractivity contribution in [2.24, 2.45) is 0 Å². The molecular formula is C24H27N5OS. The van der Waals surface area contributed by atoms with Crippen molar-refractivity contribution in [3.63, 3.8) is 0 Å². The Bertz CT molecular complexity index is 1000. The van der Waals surface area contributed by atoms with Gasteiger partial charge in [-0.15, -0.1) is 0 Å². The number of ether oxygens (including phenoxy) is 1. The van der Waals surface area contributed by atoms with Gasteiger partial charge in [-0.1, -0.05) is 24.3 Å². The van der Waals surface area contributed by atoms with Gasteiger partial charge in [-0.2, -0.15) is 0 Å². The number of benzene rings is 1. The maximum atomic E-state index is 5.80. The Kier molecular flexibility index (Phi) is 5.97. The van der Waals surface area contributed by atoms with E-state index in [0.29, 0.717) is 0 Å². The van der Waals surface area contributed by atoms with Crippen LogP contribution in [0.4, 0.5) is 0 Å². The van der Waals surface area contributed by atoms with Crippen LogP contribution < -0.4 is 5.32 Å². The average molecular weight is 434 g/mol. The SMILES string of the molecule is S=C1N[C@@H](c2ccccn2)[C@H](c2ccn(-c3ccccc3)c2)N1CCN1CCOCC1. The highest BCUT2D eigenvalue weighted by Crippen LogP contribution is 2.38. The van der Waals surface area contributed by atoms with E-state index in [4.69, 9.17) is 17.0 Å². The van der Waals surface area contributed by atoms with Gasteiger partial charge in [0.1, 0.15) is 0 Å². The van der Waals surface area contributed by atoms with Gasteiger partial charge in [0.15, 0.2) is 5.11 Å². The van der Waals surface area contributed by atoms with Gasteiger partial charge in [0.05, 0.1) is 31.0 Å². The van der Waals surface area contributed by atoms with Crippen LogP contribution in [0.2, 0.25) is 0 Å². The van der Waals surface area contributed by atoms with E-state index in [-0.39, 0.29) is 12.1 Å². The first-order chi connectivity index (χ1) is 15.3. The van der Waals surface area contributed by atoms with Gasteiger partial charge in [-0.25, -0.2) is 0 Å². The number of aromatic nitrogens is 2. The molecule has 0 aliphatic carbocycles. The Morgan fingerprint density at radius 3 is 2.58 bits per heavy atom. The zero-order chi connectivity index (χ0) is 21.0. The first-order valence-corrected chi connectivity index (χ1v) is 11.2. The Morgan fingerprint density at radius 1 is 1.00 bits per heavy atom. The summed E-state index contributed by atoms with van der Waals surface area (Å²) in [6.45, 7) is 5.41. The molecule has 2 aliphatic heterocycles. The number of nitrogens with zero attached hydrogens (tertiary/aromatic N) is 4. The predicted octanol–water partition coefficient (Wildman–Crippen LogP) is 3.18. The van der Waals surface area contributed by atoms with Crippen LogP contribution in [0, 0.1) is 0 Å². The minimum atomic E-state index is 0.0185. The van der Waals surface area contributed by atoms with Gasteiger partial charge >= 0.3 is 0 Å². The highest BCUT2D eigenvalue weighted by molar-refractivity contribution is 7.80. The van der Waals surface area contributed by atoms with Crippen LogP contribution >= 0.6 is 12.2 Å². The molecule has 2 aliphatic rings. The van der Waals surface area contributed by atoms with Crippen LogP contribution in [0.1, 0.15) is 23.3 Å². The van der Waals surface area contributed by atoms with E-state index in [2.05, 4.69) is 73.5 Å². The zero-order valence-corrected chi connectivity index (χ0v) is 18.2. The molecule has 0 saturated carbocycles. The Morgan fingerprint density at radius 2 is 1.81 bits per heavy atom. The maximum Gasteiger partial charge on any atom is 0.170 e. The van der Waals surface area contributed by atoms with Crippen LogP contribution in [0.3, 0.4) is 0 Å². The van der Waals surface area contributed by atoms with E-state index in [9.17, 15) is 0 Å². The molecule has 0 unspecified atom stereocenters. The first-order valence-electron chi connectivity index (χ1n) is 10.8. The van der Waals surface area contributed by atoms with E-state index in [1.54, 1.807) is 0 Å². The molecule has 5 rings (SSSR count). The molecule has 6 nitrogen and oxygen atoms in total. The Labute approximate surface area is 188 Å². The van der Waals surface area contributed by atoms with E-state index < -0.39 is 0 Å². The van der Waals surface area contributed by atoms with Gasteiger partial charge in [0, 0.05) is 50.5 Å². The van der Waals surface area contributed by atoms with Crippen molar-refractivity contribution in [1.29, 1.82) is 0 Å². The molecule has 1 aromatic carbocycles. The highest BCUT2D eigenvalue weighted by atomic mass is 32.1. The smallest absolute Gasteiger partial charge is 0.170 e. The first kappa shape index (κ1) is 20.2. The van der Waals surface area contributed by atoms with Crippen LogP contribution in [0.5, 0.6) is 0 Å². The number of thiocarbonyl (C=S) groups is 1. The van der Waals surface area contributed by atoms with Crippen molar-refractivity contribution in [1.82, 2.24) is 24.7 Å². The molecule has 1 N–H and O–H groups in total. The molecule has 7 heteroatoms. The van der Waals surface area contributed by atoms with Crippen LogP contribution in [-0.2, 0) is 4.74 Å². The number of hydrogen-bond acceptors (Lipinski definition) is 4. The molecule has 31 heavy (non-hydrogen) atoms. The number of nitrogens with one attached hydrogen (secondary N) is 1. The summed E-state index contributed by atoms with van der Waals surface area (Å²) in [4.78, 5) is 9.42. The Hall–Kier alpha value is -2.74. The molecule has 2 aromatic heterocycles. The topological polar surface area (TPSA) is 45.6 Å². The van der Waals surface area contributed by atoms with Crippen molar-refractivity contribution in [2.75, 3.05) is 39.4 Å². The summed E-state index contributed by atoms with van der Waals surface area (Å²) in [7, 11) is 0. The molecule has 0 amide bonds. The summed E-state index contributed by atoms with van der Waals surface area (Å²) in [6, 6.07) is 18.8. The molecule has 2 atom stereocenters. The van der Waals surface area contributed by atoms with Crippen molar-refractivity contribution in [2.45, 2.75) is 12.1 Å². The van der Waals surface area contributed by atoms with Gasteiger partial charge < -0.3 is 19.5 Å². The van der Waals surface area contributed by atoms with Crippen LogP contribution in [-0.4, -0.2) is 63.9 Å². The van der Waals surface area contributed by atoms with Gasteiger partial charge in [-0.05, 0) is 48.1 Å². The van der Waals surface area contributed by atoms with Crippen LogP contribution in [0.25, 0.3) is 5.69 Å². The second-order valence-corrected chi connectivity index (χ2v) is 8.35. The van der Waals surface area contributed by atoms with Gasteiger partial charge in [0.25, 0.3) is 0 Å². The molecule has 2 saturated heterocycles. The third-order valence-corrected chi connectivity index (χ3v) is 6.42. The minimum absolute atomic E-state index is 0.0185. The summed E-state index contributed by atoms with van der Waals surface area (Å²) in [5.74, 6) is 0. The second kappa shape index (κ2) is 9.18. The lowest BCUT2D eigenvalue weighted by atomic mass is 9.99. The van der Waals surface area contributed by atoms with Gasteiger partial charge in [0.2, 0.25) is 0 Å². The van der Waals surface area contributed by atoms with Crippen molar-refractivity contribution >= 4 is 17.3 Å². The fourth-order valence-electron chi connectivity index (χ4n) is 4.43. The summed E-state index contributed by atoms with van der Waals surface area (Å²) in [5.41, 5.74) is 3.39. The summed E-state index contributed by atoms with van der Waals surface area (Å²) in [5, 5.41) is 4.34. The molecular weight excluding hydrogens is 406 g/mol. The summed E-state index contributed by atoms with van der Waals surface area (Å²) < 4.78 is 7.67. The lowest BCUT2D eigenvalue weighted by molar-refractivity contribution is 0.0350. The molecule has 0 bridgehead atoms. The van der Waals surface area contributed by atoms with Crippen molar-refractivity contribution in [3.8, 4) is 5.69 Å². The standard InChI is InChI=1S/C24H27N5OS/c31-24-26-22(21-8-4-5-10-25-21)23(29(24)13-12-27-14-16-30-17-15-27)19-9-11-28(18-19)20-6-2-1-3-7-20/h1-11,18,22-23H,12-17H2,(H,26,31)/t22-,23-/m0/s1. The molecule has 4 heterocycles. The molecule has 3 aromatic rings. The van der Waals surface area contributed by atoms with Crippen LogP contribution in [0.15, 0.2) is 73.2 Å². The van der Waals surface area contributed by atoms with E-state index >= 15 is 0 Å². The lowest BCUT2D eigenvalue weighted by Gasteiger charge is -2.31. The molecule has 0 spiro atoms. The number of para-hydroxylation sites is 1. The number of morpholine rings is 1. The Balaban J connectivity index is 1.44. The maximum absolute atomic E-state index is 5.80. The average Bonchev–Trinajstić information content (AvgIpc) is 3.44. The number of hydrogen-bond donors (Lipinski definition) is 1. The predicted molar refractivity (Wildman–Crippen MR) is 125 cm³/mol. The van der Waals surface area contributed by atoms with Crippen molar-refractivity contribution in [3.05, 3.63) is 84.4 Å². The highest BCUT2D eigenvalue weighted by Gasteiger charge is 2.40. The van der Waals surface area contributed by atoms with E-state index in [1.807, 2.05) is 24.4 Å². The normalized spacial score (nSPS) is 21.9. The third kappa shape index (κ3) is 4.35. The largest absolute Gasteiger partial charge is 0.379 e. The fourth-order valence-corrected chi connectivity index (χ4v) is 4.76. The lowest BCUT2D eigenvalue weighted by Crippen LogP contribution is -2.42. The third-order valence-electron chi connectivity index (χ3n) is 6.07. The molecule has 160 valence electrons. The molecule has 0 radical (unpaired) electrons. The van der Waals surface area contributed by atoms with Crippen molar-refractivity contribution < 1.29 is 4.74 Å². The summed E-state index contributed by atoms with van der Waals surface area (Å²) in [6.07, 6.45) is 6.19. The van der Waals surface area contributed by atoms with Gasteiger partial charge in [-0.3, -0.25) is 9.88 Å².